The molecule has 1 atom stereocenters. The van der Waals surface area contributed by atoms with E-state index in [0.29, 0.717) is 0 Å². The van der Waals surface area contributed by atoms with Crippen molar-refractivity contribution in [1.29, 1.82) is 0 Å². The van der Waals surface area contributed by atoms with Crippen LogP contribution in [0.4, 0.5) is 4.39 Å². The van der Waals surface area contributed by atoms with Crippen LogP contribution in [-0.4, -0.2) is 6.54 Å². The fourth-order valence-electron chi connectivity index (χ4n) is 3.67. The topological polar surface area (TPSA) is 12.0 Å². The van der Waals surface area contributed by atoms with Gasteiger partial charge >= 0.3 is 0 Å². The van der Waals surface area contributed by atoms with Gasteiger partial charge < -0.3 is 5.32 Å². The molecule has 1 fully saturated rings. The molecular formula is C17H26FN. The standard InChI is InChI=1S/C17H26FN/c1-4-17(10-6-7-11-17)16(19-5-2)14-12-13(3)8-9-15(14)18/h8-9,12,16,19H,4-7,10-11H2,1-3H3. The number of nitrogens with one attached hydrogen (secondary N) is 1. The Balaban J connectivity index is 2.41. The summed E-state index contributed by atoms with van der Waals surface area (Å²) in [7, 11) is 0. The van der Waals surface area contributed by atoms with Crippen molar-refractivity contribution in [2.45, 2.75) is 58.9 Å². The Labute approximate surface area is 116 Å². The monoisotopic (exact) mass is 263 g/mol. The predicted octanol–water partition coefficient (Wildman–Crippen LogP) is 4.76. The lowest BCUT2D eigenvalue weighted by atomic mass is 9.73. The third-order valence-corrected chi connectivity index (χ3v) is 4.79. The second-order valence-corrected chi connectivity index (χ2v) is 5.94. The maximum absolute atomic E-state index is 14.3. The molecule has 1 aliphatic rings. The average molecular weight is 263 g/mol. The number of halogens is 1. The first-order valence-corrected chi connectivity index (χ1v) is 7.62. The van der Waals surface area contributed by atoms with Crippen LogP contribution in [0.25, 0.3) is 0 Å². The van der Waals surface area contributed by atoms with Crippen LogP contribution in [0.15, 0.2) is 18.2 Å². The number of aryl methyl sites for hydroxylation is 1. The first-order valence-electron chi connectivity index (χ1n) is 7.62. The van der Waals surface area contributed by atoms with Gasteiger partial charge in [0.15, 0.2) is 0 Å². The Morgan fingerprint density at radius 2 is 1.95 bits per heavy atom. The van der Waals surface area contributed by atoms with Gasteiger partial charge in [0.05, 0.1) is 0 Å². The summed E-state index contributed by atoms with van der Waals surface area (Å²) in [5, 5.41) is 3.56. The predicted molar refractivity (Wildman–Crippen MR) is 78.7 cm³/mol. The summed E-state index contributed by atoms with van der Waals surface area (Å²) in [4.78, 5) is 0. The summed E-state index contributed by atoms with van der Waals surface area (Å²) in [5.41, 5.74) is 2.25. The van der Waals surface area contributed by atoms with Crippen molar-refractivity contribution in [2.75, 3.05) is 6.54 Å². The van der Waals surface area contributed by atoms with E-state index in [0.717, 1.165) is 24.1 Å². The van der Waals surface area contributed by atoms with Gasteiger partial charge in [0.1, 0.15) is 5.82 Å². The van der Waals surface area contributed by atoms with Crippen LogP contribution in [0, 0.1) is 18.2 Å². The van der Waals surface area contributed by atoms with Gasteiger partial charge in [-0.15, -0.1) is 0 Å². The quantitative estimate of drug-likeness (QED) is 0.808. The van der Waals surface area contributed by atoms with Crippen molar-refractivity contribution in [3.8, 4) is 0 Å². The minimum atomic E-state index is -0.0590. The van der Waals surface area contributed by atoms with Gasteiger partial charge in [0.2, 0.25) is 0 Å². The van der Waals surface area contributed by atoms with Gasteiger partial charge in [-0.3, -0.25) is 0 Å². The summed E-state index contributed by atoms with van der Waals surface area (Å²) in [6.07, 6.45) is 6.12. The number of rotatable bonds is 5. The largest absolute Gasteiger partial charge is 0.310 e. The molecule has 19 heavy (non-hydrogen) atoms. The van der Waals surface area contributed by atoms with E-state index in [1.165, 1.54) is 25.7 Å². The highest BCUT2D eigenvalue weighted by atomic mass is 19.1. The summed E-state index contributed by atoms with van der Waals surface area (Å²) >= 11 is 0. The van der Waals surface area contributed by atoms with Crippen molar-refractivity contribution in [3.05, 3.63) is 35.1 Å². The van der Waals surface area contributed by atoms with Gasteiger partial charge in [-0.2, -0.15) is 0 Å². The smallest absolute Gasteiger partial charge is 0.128 e. The van der Waals surface area contributed by atoms with E-state index in [4.69, 9.17) is 0 Å². The Kier molecular flexibility index (Phi) is 4.62. The molecule has 0 aliphatic heterocycles. The SMILES string of the molecule is CCNC(c1cc(C)ccc1F)C1(CC)CCCC1. The molecule has 0 heterocycles. The van der Waals surface area contributed by atoms with E-state index in [2.05, 4.69) is 19.2 Å². The van der Waals surface area contributed by atoms with Crippen LogP contribution in [0.3, 0.4) is 0 Å². The Morgan fingerprint density at radius 1 is 1.26 bits per heavy atom. The normalized spacial score (nSPS) is 19.6. The molecule has 106 valence electrons. The maximum Gasteiger partial charge on any atom is 0.128 e. The Morgan fingerprint density at radius 3 is 2.53 bits per heavy atom. The van der Waals surface area contributed by atoms with Gasteiger partial charge in [-0.1, -0.05) is 44.4 Å². The zero-order chi connectivity index (χ0) is 13.9. The molecule has 1 aromatic rings. The van der Waals surface area contributed by atoms with Crippen molar-refractivity contribution in [2.24, 2.45) is 5.41 Å². The van der Waals surface area contributed by atoms with Crippen LogP contribution in [0.5, 0.6) is 0 Å². The number of benzene rings is 1. The highest BCUT2D eigenvalue weighted by molar-refractivity contribution is 5.29. The highest BCUT2D eigenvalue weighted by Gasteiger charge is 2.41. The second kappa shape index (κ2) is 6.04. The van der Waals surface area contributed by atoms with Crippen molar-refractivity contribution >= 4 is 0 Å². The Bertz CT molecular complexity index is 421. The summed E-state index contributed by atoms with van der Waals surface area (Å²) in [5.74, 6) is -0.0590. The number of hydrogen-bond donors (Lipinski definition) is 1. The average Bonchev–Trinajstić information content (AvgIpc) is 2.89. The molecule has 0 aromatic heterocycles. The van der Waals surface area contributed by atoms with Gasteiger partial charge in [0.25, 0.3) is 0 Å². The fraction of sp³-hybridized carbons (Fsp3) is 0.647. The van der Waals surface area contributed by atoms with E-state index >= 15 is 0 Å². The van der Waals surface area contributed by atoms with E-state index in [9.17, 15) is 4.39 Å². The molecule has 2 rings (SSSR count). The maximum atomic E-state index is 14.3. The van der Waals surface area contributed by atoms with Crippen molar-refractivity contribution in [1.82, 2.24) is 5.32 Å². The summed E-state index contributed by atoms with van der Waals surface area (Å²) < 4.78 is 14.3. The molecule has 1 aliphatic carbocycles. The fourth-order valence-corrected chi connectivity index (χ4v) is 3.67. The minimum Gasteiger partial charge on any atom is -0.310 e. The molecule has 0 amide bonds. The van der Waals surface area contributed by atoms with Crippen molar-refractivity contribution < 1.29 is 4.39 Å². The van der Waals surface area contributed by atoms with Crippen LogP contribution >= 0.6 is 0 Å². The van der Waals surface area contributed by atoms with Crippen molar-refractivity contribution in [3.63, 3.8) is 0 Å². The molecule has 1 saturated carbocycles. The van der Waals surface area contributed by atoms with E-state index in [1.54, 1.807) is 6.07 Å². The molecule has 0 bridgehead atoms. The first kappa shape index (κ1) is 14.5. The van der Waals surface area contributed by atoms with Crippen LogP contribution < -0.4 is 5.32 Å². The number of hydrogen-bond acceptors (Lipinski definition) is 1. The first-order chi connectivity index (χ1) is 9.13. The van der Waals surface area contributed by atoms with Crippen LogP contribution in [-0.2, 0) is 0 Å². The van der Waals surface area contributed by atoms with E-state index < -0.39 is 0 Å². The molecule has 1 unspecified atom stereocenters. The van der Waals surface area contributed by atoms with E-state index in [1.807, 2.05) is 19.1 Å². The molecular weight excluding hydrogens is 237 g/mol. The van der Waals surface area contributed by atoms with Gasteiger partial charge in [-0.05, 0) is 44.2 Å². The molecule has 2 heteroatoms. The zero-order valence-electron chi connectivity index (χ0n) is 12.4. The van der Waals surface area contributed by atoms with Gasteiger partial charge in [0, 0.05) is 11.6 Å². The third kappa shape index (κ3) is 2.84. The molecule has 1 aromatic carbocycles. The zero-order valence-corrected chi connectivity index (χ0v) is 12.4. The van der Waals surface area contributed by atoms with Crippen LogP contribution in [0.1, 0.15) is 63.1 Å². The molecule has 0 spiro atoms. The third-order valence-electron chi connectivity index (χ3n) is 4.79. The summed E-state index contributed by atoms with van der Waals surface area (Å²) in [6, 6.07) is 5.66. The van der Waals surface area contributed by atoms with Gasteiger partial charge in [-0.25, -0.2) is 4.39 Å². The van der Waals surface area contributed by atoms with Crippen LogP contribution in [0.2, 0.25) is 0 Å². The lowest BCUT2D eigenvalue weighted by molar-refractivity contribution is 0.185. The second-order valence-electron chi connectivity index (χ2n) is 5.94. The molecule has 1 N–H and O–H groups in total. The Hall–Kier alpha value is -0.890. The molecule has 1 nitrogen and oxygen atoms in total. The molecule has 0 saturated heterocycles. The highest BCUT2D eigenvalue weighted by Crippen LogP contribution is 2.50. The summed E-state index contributed by atoms with van der Waals surface area (Å²) in [6.45, 7) is 7.29. The minimum absolute atomic E-state index is 0.0590. The lowest BCUT2D eigenvalue weighted by Gasteiger charge is -2.38. The lowest BCUT2D eigenvalue weighted by Crippen LogP contribution is -2.36. The molecule has 0 radical (unpaired) electrons. The van der Waals surface area contributed by atoms with E-state index in [-0.39, 0.29) is 17.3 Å².